The highest BCUT2D eigenvalue weighted by Crippen LogP contribution is 2.43. The summed E-state index contributed by atoms with van der Waals surface area (Å²) in [6.07, 6.45) is 0. The summed E-state index contributed by atoms with van der Waals surface area (Å²) >= 11 is 0. The third kappa shape index (κ3) is 4.59. The molecule has 2 heterocycles. The van der Waals surface area contributed by atoms with E-state index in [9.17, 15) is 9.59 Å². The van der Waals surface area contributed by atoms with Gasteiger partial charge >= 0.3 is 0 Å². The molecule has 0 radical (unpaired) electrons. The maximum atomic E-state index is 14.1. The first-order chi connectivity index (χ1) is 19.9. The Hall–Kier alpha value is -5.04. The monoisotopic (exact) mass is 547 g/mol. The van der Waals surface area contributed by atoms with Crippen LogP contribution < -0.4 is 24.5 Å². The van der Waals surface area contributed by atoms with Crippen LogP contribution in [0, 0.1) is 13.8 Å². The maximum Gasteiger partial charge on any atom is 0.295 e. The van der Waals surface area contributed by atoms with Crippen molar-refractivity contribution in [2.75, 3.05) is 19.1 Å². The summed E-state index contributed by atoms with van der Waals surface area (Å²) in [7, 11) is 3.15. The first-order valence-electron chi connectivity index (χ1n) is 13.3. The smallest absolute Gasteiger partial charge is 0.295 e. The molecule has 1 aromatic heterocycles. The Morgan fingerprint density at radius 1 is 0.805 bits per heavy atom. The average molecular weight is 548 g/mol. The molecule has 0 spiro atoms. The predicted octanol–water partition coefficient (Wildman–Crippen LogP) is 6.76. The van der Waals surface area contributed by atoms with Crippen molar-refractivity contribution in [2.45, 2.75) is 26.5 Å². The van der Waals surface area contributed by atoms with Gasteiger partial charge in [-0.25, -0.2) is 0 Å². The molecule has 0 N–H and O–H groups in total. The molecule has 0 saturated carbocycles. The van der Waals surface area contributed by atoms with E-state index in [0.717, 1.165) is 16.7 Å². The number of carbonyl (C=O) groups excluding carboxylic acids is 1. The van der Waals surface area contributed by atoms with E-state index in [2.05, 4.69) is 0 Å². The molecular weight excluding hydrogens is 518 g/mol. The van der Waals surface area contributed by atoms with Crippen molar-refractivity contribution in [3.05, 3.63) is 129 Å². The van der Waals surface area contributed by atoms with Crippen LogP contribution in [0.3, 0.4) is 0 Å². The lowest BCUT2D eigenvalue weighted by molar-refractivity contribution is 0.0971. The quantitative estimate of drug-likeness (QED) is 0.224. The van der Waals surface area contributed by atoms with Crippen molar-refractivity contribution in [1.29, 1.82) is 0 Å². The fourth-order valence-electron chi connectivity index (χ4n) is 5.26. The molecule has 206 valence electrons. The number of ether oxygens (including phenoxy) is 3. The van der Waals surface area contributed by atoms with Gasteiger partial charge in [0.05, 0.1) is 31.2 Å². The first kappa shape index (κ1) is 26.2. The van der Waals surface area contributed by atoms with Gasteiger partial charge in [0.15, 0.2) is 16.9 Å². The summed E-state index contributed by atoms with van der Waals surface area (Å²) in [4.78, 5) is 29.6. The molecule has 5 aromatic rings. The van der Waals surface area contributed by atoms with Crippen molar-refractivity contribution < 1.29 is 23.4 Å². The minimum Gasteiger partial charge on any atom is -0.497 e. The highest BCUT2D eigenvalue weighted by molar-refractivity contribution is 6.10. The third-order valence-electron chi connectivity index (χ3n) is 7.58. The number of fused-ring (bicyclic) bond motifs is 2. The van der Waals surface area contributed by atoms with Crippen molar-refractivity contribution >= 4 is 22.6 Å². The number of anilines is 1. The highest BCUT2D eigenvalue weighted by atomic mass is 16.5. The molecule has 6 rings (SSSR count). The van der Waals surface area contributed by atoms with Crippen LogP contribution in [-0.4, -0.2) is 20.1 Å². The summed E-state index contributed by atoms with van der Waals surface area (Å²) < 4.78 is 23.3. The molecule has 7 nitrogen and oxygen atoms in total. The number of carbonyl (C=O) groups is 1. The molecule has 0 aliphatic carbocycles. The van der Waals surface area contributed by atoms with Crippen molar-refractivity contribution in [2.24, 2.45) is 0 Å². The Morgan fingerprint density at radius 3 is 2.24 bits per heavy atom. The zero-order chi connectivity index (χ0) is 28.7. The van der Waals surface area contributed by atoms with Crippen LogP contribution in [0.15, 0.2) is 94.1 Å². The van der Waals surface area contributed by atoms with E-state index in [-0.39, 0.29) is 11.2 Å². The second kappa shape index (κ2) is 10.5. The van der Waals surface area contributed by atoms with Crippen molar-refractivity contribution in [1.82, 2.24) is 0 Å². The Labute approximate surface area is 237 Å². The van der Waals surface area contributed by atoms with Crippen LogP contribution in [0.2, 0.25) is 0 Å². The summed E-state index contributed by atoms with van der Waals surface area (Å²) in [5.41, 5.74) is 4.71. The SMILES string of the molecule is COc1ccc(N2C(=O)c3oc4cc(C)c(C)cc4c(=O)c3C2c2ccc(OCc3ccccc3)c(OC)c2)cc1. The minimum absolute atomic E-state index is 0.0370. The topological polar surface area (TPSA) is 78.2 Å². The highest BCUT2D eigenvalue weighted by Gasteiger charge is 2.44. The van der Waals surface area contributed by atoms with Crippen LogP contribution in [-0.2, 0) is 6.61 Å². The second-order valence-corrected chi connectivity index (χ2v) is 10.1. The molecule has 41 heavy (non-hydrogen) atoms. The molecule has 0 saturated heterocycles. The van der Waals surface area contributed by atoms with Gasteiger partial charge in [0.25, 0.3) is 5.91 Å². The molecule has 0 bridgehead atoms. The van der Waals surface area contributed by atoms with Gasteiger partial charge in [0.1, 0.15) is 17.9 Å². The van der Waals surface area contributed by atoms with Crippen molar-refractivity contribution in [3.8, 4) is 17.2 Å². The Morgan fingerprint density at radius 2 is 1.54 bits per heavy atom. The van der Waals surface area contributed by atoms with Gasteiger partial charge in [-0.15, -0.1) is 0 Å². The summed E-state index contributed by atoms with van der Waals surface area (Å²) in [5.74, 6) is 1.34. The van der Waals surface area contributed by atoms with Gasteiger partial charge in [-0.3, -0.25) is 14.5 Å². The van der Waals surface area contributed by atoms with Gasteiger partial charge in [0, 0.05) is 5.69 Å². The van der Waals surface area contributed by atoms with E-state index in [1.165, 1.54) is 0 Å². The minimum atomic E-state index is -0.745. The lowest BCUT2D eigenvalue weighted by Gasteiger charge is -2.26. The van der Waals surface area contributed by atoms with E-state index in [4.69, 9.17) is 18.6 Å². The second-order valence-electron chi connectivity index (χ2n) is 10.1. The lowest BCUT2D eigenvalue weighted by Crippen LogP contribution is -2.29. The summed E-state index contributed by atoms with van der Waals surface area (Å²) in [6, 6.07) is 25.4. The number of rotatable bonds is 7. The molecule has 1 aliphatic rings. The van der Waals surface area contributed by atoms with E-state index in [1.54, 1.807) is 43.4 Å². The summed E-state index contributed by atoms with van der Waals surface area (Å²) in [5, 5.41) is 0.441. The van der Waals surface area contributed by atoms with Crippen LogP contribution in [0.25, 0.3) is 11.0 Å². The van der Waals surface area contributed by atoms with Crippen LogP contribution in [0.5, 0.6) is 17.2 Å². The fraction of sp³-hybridized carbons (Fsp3) is 0.176. The van der Waals surface area contributed by atoms with Crippen LogP contribution >= 0.6 is 0 Å². The maximum absolute atomic E-state index is 14.1. The fourth-order valence-corrected chi connectivity index (χ4v) is 5.26. The molecule has 1 atom stereocenters. The number of aryl methyl sites for hydroxylation is 2. The average Bonchev–Trinajstić information content (AvgIpc) is 3.29. The molecule has 1 unspecified atom stereocenters. The Balaban J connectivity index is 1.50. The number of methoxy groups -OCH3 is 2. The summed E-state index contributed by atoms with van der Waals surface area (Å²) in [6.45, 7) is 4.27. The van der Waals surface area contributed by atoms with Crippen molar-refractivity contribution in [3.63, 3.8) is 0 Å². The molecule has 1 amide bonds. The van der Waals surface area contributed by atoms with Gasteiger partial charge in [-0.1, -0.05) is 36.4 Å². The number of benzene rings is 4. The zero-order valence-corrected chi connectivity index (χ0v) is 23.3. The van der Waals surface area contributed by atoms with E-state index < -0.39 is 11.9 Å². The van der Waals surface area contributed by atoms with E-state index in [1.807, 2.05) is 74.5 Å². The van der Waals surface area contributed by atoms with Gasteiger partial charge in [-0.2, -0.15) is 0 Å². The zero-order valence-electron chi connectivity index (χ0n) is 23.3. The van der Waals surface area contributed by atoms with Gasteiger partial charge in [0.2, 0.25) is 5.76 Å². The van der Waals surface area contributed by atoms with Crippen LogP contribution in [0.4, 0.5) is 5.69 Å². The van der Waals surface area contributed by atoms with Crippen LogP contribution in [0.1, 0.15) is 44.4 Å². The standard InChI is InChI=1S/C34H29NO6/c1-20-16-26-28(17-21(20)2)41-33-30(32(26)36)31(35(34(33)37)24-11-13-25(38-3)14-12-24)23-10-15-27(29(18-23)39-4)40-19-22-8-6-5-7-9-22/h5-18,31H,19H2,1-4H3. The molecule has 4 aromatic carbocycles. The normalized spacial score (nSPS) is 14.3. The third-order valence-corrected chi connectivity index (χ3v) is 7.58. The van der Waals surface area contributed by atoms with Gasteiger partial charge in [-0.05, 0) is 84.6 Å². The predicted molar refractivity (Wildman–Crippen MR) is 157 cm³/mol. The first-order valence-corrected chi connectivity index (χ1v) is 13.3. The number of nitrogens with zero attached hydrogens (tertiary/aromatic N) is 1. The molecular formula is C34H29NO6. The Kier molecular flexibility index (Phi) is 6.71. The number of hydrogen-bond donors (Lipinski definition) is 0. The number of hydrogen-bond acceptors (Lipinski definition) is 6. The molecule has 1 aliphatic heterocycles. The molecule has 7 heteroatoms. The van der Waals surface area contributed by atoms with E-state index in [0.29, 0.717) is 51.6 Å². The Bertz CT molecular complexity index is 1830. The number of amides is 1. The van der Waals surface area contributed by atoms with Gasteiger partial charge < -0.3 is 18.6 Å². The lowest BCUT2D eigenvalue weighted by atomic mass is 9.97. The van der Waals surface area contributed by atoms with E-state index >= 15 is 0 Å². The molecule has 0 fully saturated rings. The largest absolute Gasteiger partial charge is 0.497 e.